The number of ether oxygens (including phenoxy) is 2. The zero-order valence-electron chi connectivity index (χ0n) is 16.3. The average molecular weight is 407 g/mol. The van der Waals surface area contributed by atoms with Crippen LogP contribution in [-0.4, -0.2) is 39.6 Å². The van der Waals surface area contributed by atoms with Gasteiger partial charge in [0.2, 0.25) is 21.8 Å². The Hall–Kier alpha value is -2.39. The first-order valence-corrected chi connectivity index (χ1v) is 10.4. The predicted molar refractivity (Wildman–Crippen MR) is 104 cm³/mol. The highest BCUT2D eigenvalue weighted by molar-refractivity contribution is 7.93. The molecule has 1 unspecified atom stereocenters. The van der Waals surface area contributed by atoms with Crippen LogP contribution in [0.3, 0.4) is 0 Å². The lowest BCUT2D eigenvalue weighted by Crippen LogP contribution is -2.30. The van der Waals surface area contributed by atoms with Gasteiger partial charge in [0.05, 0.1) is 19.1 Å². The van der Waals surface area contributed by atoms with Crippen molar-refractivity contribution in [3.8, 4) is 11.8 Å². The normalized spacial score (nSPS) is 25.6. The smallest absolute Gasteiger partial charge is 0.257 e. The minimum atomic E-state index is -3.69. The van der Waals surface area contributed by atoms with Crippen LogP contribution in [0.25, 0.3) is 0 Å². The largest absolute Gasteiger partial charge is 0.481 e. The van der Waals surface area contributed by atoms with Crippen molar-refractivity contribution in [2.45, 2.75) is 26.3 Å². The first-order valence-electron chi connectivity index (χ1n) is 8.90. The first-order chi connectivity index (χ1) is 13.1. The molecule has 2 aliphatic rings. The molecule has 1 aromatic heterocycles. The fourth-order valence-electron chi connectivity index (χ4n) is 3.93. The van der Waals surface area contributed by atoms with Crippen molar-refractivity contribution < 1.29 is 22.7 Å². The fourth-order valence-corrected chi connectivity index (χ4v) is 4.53. The molecule has 0 aliphatic heterocycles. The van der Waals surface area contributed by atoms with Crippen LogP contribution >= 0.6 is 0 Å². The quantitative estimate of drug-likeness (QED) is 0.739. The van der Waals surface area contributed by atoms with E-state index in [1.807, 2.05) is 6.08 Å². The summed E-state index contributed by atoms with van der Waals surface area (Å²) in [5.74, 6) is 0.603. The van der Waals surface area contributed by atoms with E-state index in [1.165, 1.54) is 14.2 Å². The number of hydrogen-bond acceptors (Lipinski definition) is 6. The van der Waals surface area contributed by atoms with E-state index in [4.69, 9.17) is 14.6 Å². The summed E-state index contributed by atoms with van der Waals surface area (Å²) < 4.78 is 33.2. The summed E-state index contributed by atoms with van der Waals surface area (Å²) in [5, 5.41) is 8.24. The Bertz CT molecular complexity index is 952. The summed E-state index contributed by atoms with van der Waals surface area (Å²) in [6.07, 6.45) is 5.63. The third kappa shape index (κ3) is 3.77. The third-order valence-electron chi connectivity index (χ3n) is 5.57. The van der Waals surface area contributed by atoms with E-state index in [2.05, 4.69) is 24.1 Å². The number of carbonyl (C=O) groups excluding carboxylic acids is 1. The van der Waals surface area contributed by atoms with Gasteiger partial charge in [-0.05, 0) is 35.8 Å². The third-order valence-corrected chi connectivity index (χ3v) is 6.53. The summed E-state index contributed by atoms with van der Waals surface area (Å²) in [7, 11) is -0.750. The van der Waals surface area contributed by atoms with E-state index in [1.54, 1.807) is 24.3 Å². The Balaban J connectivity index is 1.72. The number of aromatic nitrogens is 1. The number of carbonyl (C=O) groups is 1. The number of nitrogens with zero attached hydrogens (tertiary/aromatic N) is 1. The first kappa shape index (κ1) is 20.3. The van der Waals surface area contributed by atoms with E-state index in [-0.39, 0.29) is 40.0 Å². The number of sulfonamides is 1. The number of primary sulfonamides is 1. The van der Waals surface area contributed by atoms with Gasteiger partial charge in [-0.2, -0.15) is 4.98 Å². The molecular weight excluding hydrogens is 382 g/mol. The lowest BCUT2D eigenvalue weighted by Gasteiger charge is -2.16. The van der Waals surface area contributed by atoms with Gasteiger partial charge in [0.15, 0.2) is 0 Å². The zero-order valence-corrected chi connectivity index (χ0v) is 17.1. The van der Waals surface area contributed by atoms with E-state index in [0.717, 1.165) is 0 Å². The number of pyridine rings is 1. The number of allylic oxidation sites excluding steroid dienone is 3. The Morgan fingerprint density at radius 3 is 2.54 bits per heavy atom. The molecule has 1 fully saturated rings. The van der Waals surface area contributed by atoms with Crippen LogP contribution in [0, 0.1) is 17.3 Å². The number of hydrogen-bond donors (Lipinski definition) is 2. The van der Waals surface area contributed by atoms with Crippen molar-refractivity contribution in [2.24, 2.45) is 22.4 Å². The van der Waals surface area contributed by atoms with Gasteiger partial charge in [-0.25, -0.2) is 13.6 Å². The topological polar surface area (TPSA) is 121 Å². The zero-order chi connectivity index (χ0) is 20.7. The highest BCUT2D eigenvalue weighted by Crippen LogP contribution is 2.57. The molecule has 0 saturated heterocycles. The predicted octanol–water partition coefficient (Wildman–Crippen LogP) is 1.60. The molecule has 2 aliphatic carbocycles. The summed E-state index contributed by atoms with van der Waals surface area (Å²) >= 11 is 0. The van der Waals surface area contributed by atoms with E-state index >= 15 is 0 Å². The monoisotopic (exact) mass is 407 g/mol. The van der Waals surface area contributed by atoms with Crippen LogP contribution in [0.15, 0.2) is 35.3 Å². The molecule has 28 heavy (non-hydrogen) atoms. The highest BCUT2D eigenvalue weighted by Gasteiger charge is 2.61. The average Bonchev–Trinajstić information content (AvgIpc) is 3.20. The van der Waals surface area contributed by atoms with Gasteiger partial charge in [-0.3, -0.25) is 4.79 Å². The Labute approximate surface area is 164 Å². The maximum atomic E-state index is 12.8. The number of nitrogens with two attached hydrogens (primary N) is 1. The second kappa shape index (κ2) is 7.21. The minimum absolute atomic E-state index is 0.0501. The molecule has 1 saturated carbocycles. The molecule has 0 radical (unpaired) electrons. The van der Waals surface area contributed by atoms with Gasteiger partial charge in [-0.1, -0.05) is 26.0 Å². The number of nitrogens with one attached hydrogen (secondary N) is 1. The molecule has 8 nitrogen and oxygen atoms in total. The molecule has 9 heteroatoms. The standard InChI is InChI=1S/C19H25N3O5S/c1-19(2)15(11-5-7-12(8-6-11)28(20,24)25)16(19)22-17(23)13-9-10-14(26-3)21-18(13)27-4/h5,7-11,15-16H,6H2,1-4H3,(H,22,23)(H2,20,24,25)/t11?,15-,16-/m0/s1. The van der Waals surface area contributed by atoms with Gasteiger partial charge in [-0.15, -0.1) is 0 Å². The summed E-state index contributed by atoms with van der Waals surface area (Å²) in [4.78, 5) is 17.1. The molecule has 1 heterocycles. The van der Waals surface area contributed by atoms with E-state index in [9.17, 15) is 13.2 Å². The number of amides is 1. The summed E-state index contributed by atoms with van der Waals surface area (Å²) in [5.41, 5.74) is 0.213. The van der Waals surface area contributed by atoms with E-state index < -0.39 is 10.0 Å². The van der Waals surface area contributed by atoms with Crippen LogP contribution in [0.4, 0.5) is 0 Å². The van der Waals surface area contributed by atoms with Crippen molar-refractivity contribution in [1.82, 2.24) is 10.3 Å². The SMILES string of the molecule is COc1ccc(C(=O)N[C@H]2[C@H](C3C=CC(S(N)(=O)=O)=CC3)C2(C)C)c(OC)n1. The lowest BCUT2D eigenvalue weighted by molar-refractivity contribution is 0.0940. The van der Waals surface area contributed by atoms with Crippen molar-refractivity contribution >= 4 is 15.9 Å². The molecule has 0 aromatic carbocycles. The van der Waals surface area contributed by atoms with Gasteiger partial charge in [0, 0.05) is 12.1 Å². The second-order valence-corrected chi connectivity index (χ2v) is 9.18. The van der Waals surface area contributed by atoms with Crippen LogP contribution in [0.2, 0.25) is 0 Å². The Morgan fingerprint density at radius 1 is 1.29 bits per heavy atom. The number of rotatable bonds is 6. The second-order valence-electron chi connectivity index (χ2n) is 7.62. The molecule has 152 valence electrons. The molecule has 3 N–H and O–H groups in total. The molecule has 3 rings (SSSR count). The van der Waals surface area contributed by atoms with Crippen molar-refractivity contribution in [3.63, 3.8) is 0 Å². The lowest BCUT2D eigenvalue weighted by atomic mass is 9.91. The van der Waals surface area contributed by atoms with E-state index in [0.29, 0.717) is 17.9 Å². The van der Waals surface area contributed by atoms with Gasteiger partial charge < -0.3 is 14.8 Å². The van der Waals surface area contributed by atoms with Crippen molar-refractivity contribution in [1.29, 1.82) is 0 Å². The maximum Gasteiger partial charge on any atom is 0.257 e. The molecule has 1 amide bonds. The molecule has 0 bridgehead atoms. The Morgan fingerprint density at radius 2 is 2.00 bits per heavy atom. The highest BCUT2D eigenvalue weighted by atomic mass is 32.2. The molecule has 0 spiro atoms. The van der Waals surface area contributed by atoms with Crippen LogP contribution < -0.4 is 19.9 Å². The Kier molecular flexibility index (Phi) is 5.24. The molecule has 3 atom stereocenters. The van der Waals surface area contributed by atoms with Gasteiger partial charge in [0.25, 0.3) is 5.91 Å². The molecular formula is C19H25N3O5S. The summed E-state index contributed by atoms with van der Waals surface area (Å²) in [6.45, 7) is 4.16. The fraction of sp³-hybridized carbons (Fsp3) is 0.474. The van der Waals surface area contributed by atoms with Crippen LogP contribution in [-0.2, 0) is 10.0 Å². The molecule has 1 aromatic rings. The van der Waals surface area contributed by atoms with Crippen molar-refractivity contribution in [3.05, 3.63) is 40.8 Å². The number of methoxy groups -OCH3 is 2. The van der Waals surface area contributed by atoms with Crippen LogP contribution in [0.5, 0.6) is 11.8 Å². The maximum absolute atomic E-state index is 12.8. The minimum Gasteiger partial charge on any atom is -0.481 e. The van der Waals surface area contributed by atoms with Gasteiger partial charge >= 0.3 is 0 Å². The van der Waals surface area contributed by atoms with Crippen molar-refractivity contribution in [2.75, 3.05) is 14.2 Å². The van der Waals surface area contributed by atoms with Crippen LogP contribution in [0.1, 0.15) is 30.6 Å². The van der Waals surface area contributed by atoms with Gasteiger partial charge in [0.1, 0.15) is 5.56 Å². The summed E-state index contributed by atoms with van der Waals surface area (Å²) in [6, 6.07) is 3.17.